The van der Waals surface area contributed by atoms with E-state index in [9.17, 15) is 0 Å². The molecule has 10 heteroatoms. The highest BCUT2D eigenvalue weighted by Gasteiger charge is 2.43. The molecule has 0 fully saturated rings. The molecule has 0 radical (unpaired) electrons. The topological polar surface area (TPSA) is 88.7 Å². The Hall–Kier alpha value is -11.9. The Balaban J connectivity index is 0.876. The van der Waals surface area contributed by atoms with E-state index in [1.807, 2.05) is 78.9 Å². The van der Waals surface area contributed by atoms with Crippen molar-refractivity contribution in [1.82, 2.24) is 34.5 Å². The highest BCUT2D eigenvalue weighted by molar-refractivity contribution is 7.00. The molecule has 17 rings (SSSR count). The largest absolute Gasteiger partial charge is 0.311 e. The second kappa shape index (κ2) is 23.0. The maximum atomic E-state index is 5.62. The van der Waals surface area contributed by atoms with Crippen molar-refractivity contribution >= 4 is 79.0 Å². The minimum atomic E-state index is -0.0841. The molecule has 0 saturated heterocycles. The average molecular weight is 1240 g/mol. The first-order chi connectivity index (χ1) is 46.9. The van der Waals surface area contributed by atoms with E-state index in [4.69, 9.17) is 29.9 Å². The van der Waals surface area contributed by atoms with Crippen LogP contribution in [0, 0.1) is 0 Å². The van der Waals surface area contributed by atoms with Gasteiger partial charge >= 0.3 is 0 Å². The molecule has 0 saturated carbocycles. The molecule has 96 heavy (non-hydrogen) atoms. The Bertz CT molecular complexity index is 5250. The molecule has 0 bridgehead atoms. The van der Waals surface area contributed by atoms with Crippen molar-refractivity contribution in [2.45, 2.75) is 52.4 Å². The monoisotopic (exact) mass is 1240 g/mol. The van der Waals surface area contributed by atoms with Gasteiger partial charge in [-0.25, -0.2) is 29.9 Å². The summed E-state index contributed by atoms with van der Waals surface area (Å²) in [6.07, 6.45) is 0. The molecular weight excluding hydrogens is 1170 g/mol. The molecule has 15 aromatic rings. The van der Waals surface area contributed by atoms with E-state index >= 15 is 0 Å². The van der Waals surface area contributed by atoms with Gasteiger partial charge in [-0.15, -0.1) is 0 Å². The van der Waals surface area contributed by atoms with Gasteiger partial charge in [-0.05, 0) is 140 Å². The summed E-state index contributed by atoms with van der Waals surface area (Å²) in [6, 6.07) is 104. The van der Waals surface area contributed by atoms with Gasteiger partial charge in [0.15, 0.2) is 34.9 Å². The summed E-state index contributed by atoms with van der Waals surface area (Å²) in [6.45, 7) is 13.7. The van der Waals surface area contributed by atoms with Crippen molar-refractivity contribution < 1.29 is 0 Å². The maximum absolute atomic E-state index is 5.62. The van der Waals surface area contributed by atoms with Crippen molar-refractivity contribution in [3.8, 4) is 85.1 Å². The normalized spacial score (nSPS) is 12.6. The molecule has 5 heterocycles. The van der Waals surface area contributed by atoms with Crippen LogP contribution in [0.1, 0.15) is 52.7 Å². The number of para-hydroxylation sites is 4. The van der Waals surface area contributed by atoms with Gasteiger partial charge in [0.1, 0.15) is 0 Å². The molecule has 0 atom stereocenters. The highest BCUT2D eigenvalue weighted by Crippen LogP contribution is 2.47. The minimum absolute atomic E-state index is 0.00478. The van der Waals surface area contributed by atoms with Crippen molar-refractivity contribution in [1.29, 1.82) is 0 Å². The Labute approximate surface area is 559 Å². The van der Waals surface area contributed by atoms with E-state index in [1.54, 1.807) is 0 Å². The van der Waals surface area contributed by atoms with Gasteiger partial charge < -0.3 is 14.4 Å². The second-order valence-electron chi connectivity index (χ2n) is 27.1. The summed E-state index contributed by atoms with van der Waals surface area (Å²) in [7, 11) is 0. The summed E-state index contributed by atoms with van der Waals surface area (Å²) in [4.78, 5) is 37.1. The van der Waals surface area contributed by atoms with Crippen molar-refractivity contribution in [2.24, 2.45) is 0 Å². The molecule has 0 N–H and O–H groups in total. The lowest BCUT2D eigenvalue weighted by Gasteiger charge is -2.44. The van der Waals surface area contributed by atoms with Gasteiger partial charge in [-0.2, -0.15) is 0 Å². The van der Waals surface area contributed by atoms with Gasteiger partial charge in [-0.1, -0.05) is 242 Å². The first-order valence-electron chi connectivity index (χ1n) is 33.0. The van der Waals surface area contributed by atoms with E-state index < -0.39 is 0 Å². The summed E-state index contributed by atoms with van der Waals surface area (Å²) < 4.78 is 2.39. The fraction of sp³-hybridized carbons (Fsp3) is 0.0930. The minimum Gasteiger partial charge on any atom is -0.311 e. The van der Waals surface area contributed by atoms with Crippen molar-refractivity contribution in [3.05, 3.63) is 302 Å². The lowest BCUT2D eigenvalue weighted by molar-refractivity contribution is 0.590. The number of hydrogen-bond acceptors (Lipinski definition) is 8. The summed E-state index contributed by atoms with van der Waals surface area (Å²) in [5.74, 6) is 3.25. The number of hydrogen-bond donors (Lipinski definition) is 0. The van der Waals surface area contributed by atoms with Crippen LogP contribution in [0.2, 0.25) is 0 Å². The van der Waals surface area contributed by atoms with Crippen LogP contribution in [0.15, 0.2) is 291 Å². The van der Waals surface area contributed by atoms with Gasteiger partial charge in [0.25, 0.3) is 6.71 Å². The van der Waals surface area contributed by atoms with Crippen molar-refractivity contribution in [3.63, 3.8) is 0 Å². The molecule has 0 unspecified atom stereocenters. The zero-order chi connectivity index (χ0) is 64.8. The van der Waals surface area contributed by atoms with Crippen LogP contribution >= 0.6 is 0 Å². The standard InChI is InChI=1S/C86H66BN9/c1-85(2,3)62-45-48-71-66(53-62)67-54-63(86(4,5)6)46-49-72(67)96(71)73-47-44-60(83-90-79(56-26-12-7-13-27-56)88-80(91-83)57-28-14-8-15-29-57)50-68(73)84-92-81(58-30-16-9-17-31-58)89-82(93-84)59-42-40-55(41-43-59)61-51-76-78-77(52-61)95(65-34-20-11-21-35-65)75-39-25-23-37-70(75)87(78)69-36-22-24-38-74(69)94(76)64-32-18-10-19-33-64/h7-54H,1-6H3. The van der Waals surface area contributed by atoms with Gasteiger partial charge in [0, 0.05) is 78.3 Å². The van der Waals surface area contributed by atoms with Crippen LogP contribution in [0.5, 0.6) is 0 Å². The lowest BCUT2D eigenvalue weighted by atomic mass is 9.33. The lowest BCUT2D eigenvalue weighted by Crippen LogP contribution is -2.61. The van der Waals surface area contributed by atoms with Gasteiger partial charge in [0.2, 0.25) is 0 Å². The van der Waals surface area contributed by atoms with Crippen LogP contribution < -0.4 is 26.2 Å². The fourth-order valence-electron chi connectivity index (χ4n) is 14.1. The molecular formula is C86H66BN9. The third-order valence-corrected chi connectivity index (χ3v) is 19.0. The molecule has 12 aromatic carbocycles. The zero-order valence-electron chi connectivity index (χ0n) is 54.3. The summed E-state index contributed by atoms with van der Waals surface area (Å²) in [5.41, 5.74) is 23.2. The number of rotatable bonds is 10. The molecule has 0 amide bonds. The Kier molecular flexibility index (Phi) is 13.9. The quantitative estimate of drug-likeness (QED) is 0.125. The molecule has 3 aromatic heterocycles. The van der Waals surface area contributed by atoms with Crippen LogP contribution in [0.4, 0.5) is 34.1 Å². The van der Waals surface area contributed by atoms with Crippen LogP contribution in [0.25, 0.3) is 107 Å². The summed E-state index contributed by atoms with van der Waals surface area (Å²) >= 11 is 0. The Morgan fingerprint density at radius 3 is 1.05 bits per heavy atom. The fourth-order valence-corrected chi connectivity index (χ4v) is 14.1. The second-order valence-corrected chi connectivity index (χ2v) is 27.1. The SMILES string of the molecule is CC(C)(C)c1ccc2c(c1)c1cc(C(C)(C)C)ccc1n2-c1ccc(-c2nc(-c3ccccc3)nc(-c3ccccc3)n2)cc1-c1nc(-c2ccccc2)nc(-c2ccc(-c3cc4c5c(c3)N(c3ccccc3)c3ccccc3B5c3ccccc3N4c3ccccc3)cc2)n1. The number of anilines is 6. The smallest absolute Gasteiger partial charge is 0.252 e. The highest BCUT2D eigenvalue weighted by atomic mass is 15.2. The van der Waals surface area contributed by atoms with Gasteiger partial charge in [0.05, 0.1) is 16.7 Å². The zero-order valence-corrected chi connectivity index (χ0v) is 54.3. The number of benzene rings is 12. The third-order valence-electron chi connectivity index (χ3n) is 19.0. The molecule has 0 spiro atoms. The predicted molar refractivity (Wildman–Crippen MR) is 397 cm³/mol. The van der Waals surface area contributed by atoms with Crippen LogP contribution in [0.3, 0.4) is 0 Å². The first kappa shape index (κ1) is 58.0. The number of nitrogens with zero attached hydrogens (tertiary/aromatic N) is 9. The van der Waals surface area contributed by atoms with Crippen molar-refractivity contribution in [2.75, 3.05) is 9.80 Å². The van der Waals surface area contributed by atoms with E-state index in [0.717, 1.165) is 84.0 Å². The van der Waals surface area contributed by atoms with E-state index in [2.05, 4.69) is 268 Å². The third kappa shape index (κ3) is 10.1. The molecule has 9 nitrogen and oxygen atoms in total. The number of aromatic nitrogens is 7. The molecule has 2 aliphatic rings. The summed E-state index contributed by atoms with van der Waals surface area (Å²) in [5, 5.41) is 2.35. The first-order valence-corrected chi connectivity index (χ1v) is 33.0. The van der Waals surface area contributed by atoms with E-state index in [-0.39, 0.29) is 17.5 Å². The molecule has 458 valence electrons. The Morgan fingerprint density at radius 2 is 0.625 bits per heavy atom. The van der Waals surface area contributed by atoms with Crippen LogP contribution in [-0.2, 0) is 10.8 Å². The van der Waals surface area contributed by atoms with Gasteiger partial charge in [-0.3, -0.25) is 0 Å². The number of fused-ring (bicyclic) bond motifs is 7. The maximum Gasteiger partial charge on any atom is 0.252 e. The molecule has 0 aliphatic carbocycles. The van der Waals surface area contributed by atoms with Crippen LogP contribution in [-0.4, -0.2) is 41.2 Å². The molecule has 2 aliphatic heterocycles. The average Bonchev–Trinajstić information content (AvgIpc) is 0.829. The Morgan fingerprint density at radius 1 is 0.271 bits per heavy atom. The van der Waals surface area contributed by atoms with E-state index in [0.29, 0.717) is 34.9 Å². The van der Waals surface area contributed by atoms with E-state index in [1.165, 1.54) is 49.7 Å². The predicted octanol–water partition coefficient (Wildman–Crippen LogP) is 19.5.